The molecule has 134 valence electrons. The number of ether oxygens (including phenoxy) is 2. The fourth-order valence-corrected chi connectivity index (χ4v) is 2.76. The third-order valence-electron chi connectivity index (χ3n) is 3.92. The minimum atomic E-state index is -0.377. The van der Waals surface area contributed by atoms with Crippen LogP contribution >= 0.6 is 0 Å². The molecule has 0 spiro atoms. The lowest BCUT2D eigenvalue weighted by molar-refractivity contribution is 0.0958. The van der Waals surface area contributed by atoms with E-state index in [2.05, 4.69) is 17.2 Å². The van der Waals surface area contributed by atoms with E-state index in [0.717, 1.165) is 17.7 Å². The van der Waals surface area contributed by atoms with Gasteiger partial charge in [-0.1, -0.05) is 24.0 Å². The summed E-state index contributed by atoms with van der Waals surface area (Å²) in [6, 6.07) is 11.2. The molecule has 0 aliphatic carbocycles. The second-order valence-corrected chi connectivity index (χ2v) is 6.61. The first kappa shape index (κ1) is 17.8. The average Bonchev–Trinajstić information content (AvgIpc) is 2.93. The second kappa shape index (κ2) is 7.49. The van der Waals surface area contributed by atoms with Crippen molar-refractivity contribution in [2.75, 3.05) is 13.2 Å². The van der Waals surface area contributed by atoms with Crippen molar-refractivity contribution in [1.82, 2.24) is 5.32 Å². The molecule has 26 heavy (non-hydrogen) atoms. The highest BCUT2D eigenvalue weighted by molar-refractivity contribution is 5.94. The molecule has 0 saturated carbocycles. The van der Waals surface area contributed by atoms with Crippen molar-refractivity contribution in [2.45, 2.75) is 25.9 Å². The molecule has 0 aromatic heterocycles. The first-order valence-electron chi connectivity index (χ1n) is 8.38. The number of benzene rings is 2. The lowest BCUT2D eigenvalue weighted by Gasteiger charge is -2.17. The van der Waals surface area contributed by atoms with E-state index in [0.29, 0.717) is 11.3 Å². The Morgan fingerprint density at radius 2 is 2.00 bits per heavy atom. The van der Waals surface area contributed by atoms with Crippen LogP contribution in [0.2, 0.25) is 0 Å². The van der Waals surface area contributed by atoms with Crippen LogP contribution < -0.4 is 14.8 Å². The number of hydrogen-bond acceptors (Lipinski definition) is 3. The van der Waals surface area contributed by atoms with E-state index in [4.69, 9.17) is 9.47 Å². The monoisotopic (exact) mass is 353 g/mol. The molecule has 2 aromatic carbocycles. The molecule has 3 rings (SSSR count). The predicted molar refractivity (Wildman–Crippen MR) is 96.9 cm³/mol. The van der Waals surface area contributed by atoms with Crippen LogP contribution in [0, 0.1) is 17.7 Å². The molecule has 1 aliphatic rings. The lowest BCUT2D eigenvalue weighted by Crippen LogP contribution is -2.24. The van der Waals surface area contributed by atoms with Gasteiger partial charge in [0.25, 0.3) is 5.91 Å². The standard InChI is InChI=1S/C21H20FNO3/c1-21(2)14-16-6-5-7-18(19(16)26-21)25-13-4-3-12-23-20(24)15-8-10-17(22)11-9-15/h5-11H,12-14H2,1-2H3,(H,23,24). The minimum Gasteiger partial charge on any atom is -0.483 e. The van der Waals surface area contributed by atoms with Gasteiger partial charge in [0.15, 0.2) is 11.5 Å². The van der Waals surface area contributed by atoms with Gasteiger partial charge in [0.05, 0.1) is 6.54 Å². The van der Waals surface area contributed by atoms with E-state index in [1.807, 2.05) is 32.0 Å². The quantitative estimate of drug-likeness (QED) is 0.858. The number of carbonyl (C=O) groups is 1. The van der Waals surface area contributed by atoms with Gasteiger partial charge in [-0.25, -0.2) is 4.39 Å². The zero-order valence-electron chi connectivity index (χ0n) is 14.8. The number of nitrogens with one attached hydrogen (secondary N) is 1. The molecule has 0 saturated heterocycles. The van der Waals surface area contributed by atoms with Crippen LogP contribution in [0.5, 0.6) is 11.5 Å². The smallest absolute Gasteiger partial charge is 0.252 e. The molecule has 0 radical (unpaired) electrons. The van der Waals surface area contributed by atoms with Gasteiger partial charge in [-0.15, -0.1) is 0 Å². The fraction of sp³-hybridized carbons (Fsp3) is 0.286. The maximum absolute atomic E-state index is 12.8. The van der Waals surface area contributed by atoms with E-state index in [1.54, 1.807) is 0 Å². The molecule has 1 heterocycles. The summed E-state index contributed by atoms with van der Waals surface area (Å²) in [4.78, 5) is 11.8. The van der Waals surface area contributed by atoms with Crippen LogP contribution in [0.15, 0.2) is 42.5 Å². The third kappa shape index (κ3) is 4.34. The summed E-state index contributed by atoms with van der Waals surface area (Å²) in [6.45, 7) is 4.48. The van der Waals surface area contributed by atoms with Gasteiger partial charge in [0.2, 0.25) is 0 Å². The average molecular weight is 353 g/mol. The van der Waals surface area contributed by atoms with Gasteiger partial charge in [-0.2, -0.15) is 0 Å². The SMILES string of the molecule is CC1(C)Cc2cccc(OCC#CCNC(=O)c3ccc(F)cc3)c2O1. The molecule has 4 nitrogen and oxygen atoms in total. The van der Waals surface area contributed by atoms with Crippen molar-refractivity contribution in [3.8, 4) is 23.3 Å². The summed E-state index contributed by atoms with van der Waals surface area (Å²) in [5.74, 6) is 6.48. The molecule has 0 bridgehead atoms. The number of carbonyl (C=O) groups excluding carboxylic acids is 1. The Bertz CT molecular complexity index is 863. The molecule has 0 unspecified atom stereocenters. The zero-order valence-corrected chi connectivity index (χ0v) is 14.8. The number of fused-ring (bicyclic) bond motifs is 1. The number of rotatable bonds is 4. The van der Waals surface area contributed by atoms with Crippen molar-refractivity contribution < 1.29 is 18.7 Å². The Morgan fingerprint density at radius 1 is 1.23 bits per heavy atom. The largest absolute Gasteiger partial charge is 0.483 e. The van der Waals surface area contributed by atoms with Crippen molar-refractivity contribution in [2.24, 2.45) is 0 Å². The van der Waals surface area contributed by atoms with Crippen molar-refractivity contribution in [3.63, 3.8) is 0 Å². The Labute approximate surface area is 152 Å². The highest BCUT2D eigenvalue weighted by Crippen LogP contribution is 2.41. The minimum absolute atomic E-state index is 0.190. The van der Waals surface area contributed by atoms with E-state index < -0.39 is 0 Å². The summed E-state index contributed by atoms with van der Waals surface area (Å²) in [6.07, 6.45) is 0.848. The Morgan fingerprint density at radius 3 is 2.77 bits per heavy atom. The summed E-state index contributed by atoms with van der Waals surface area (Å²) in [7, 11) is 0. The molecule has 5 heteroatoms. The van der Waals surface area contributed by atoms with E-state index in [-0.39, 0.29) is 30.5 Å². The van der Waals surface area contributed by atoms with Gasteiger partial charge >= 0.3 is 0 Å². The van der Waals surface area contributed by atoms with Crippen LogP contribution in [-0.4, -0.2) is 24.7 Å². The molecule has 1 amide bonds. The van der Waals surface area contributed by atoms with Gasteiger partial charge in [0.1, 0.15) is 18.0 Å². The van der Waals surface area contributed by atoms with E-state index in [9.17, 15) is 9.18 Å². The van der Waals surface area contributed by atoms with E-state index in [1.165, 1.54) is 24.3 Å². The second-order valence-electron chi connectivity index (χ2n) is 6.61. The maximum atomic E-state index is 12.8. The van der Waals surface area contributed by atoms with E-state index >= 15 is 0 Å². The van der Waals surface area contributed by atoms with Gasteiger partial charge in [0, 0.05) is 17.5 Å². The molecular formula is C21H20FNO3. The molecule has 1 N–H and O–H groups in total. The highest BCUT2D eigenvalue weighted by atomic mass is 19.1. The van der Waals surface area contributed by atoms with Gasteiger partial charge in [-0.3, -0.25) is 4.79 Å². The van der Waals surface area contributed by atoms with Gasteiger partial charge < -0.3 is 14.8 Å². The van der Waals surface area contributed by atoms with Crippen LogP contribution in [0.3, 0.4) is 0 Å². The Hall–Kier alpha value is -3.00. The number of hydrogen-bond donors (Lipinski definition) is 1. The third-order valence-corrected chi connectivity index (χ3v) is 3.92. The zero-order chi connectivity index (χ0) is 18.6. The van der Waals surface area contributed by atoms with Crippen molar-refractivity contribution in [1.29, 1.82) is 0 Å². The first-order valence-corrected chi connectivity index (χ1v) is 8.38. The number of halogens is 1. The predicted octanol–water partition coefficient (Wildman–Crippen LogP) is 3.35. The molecule has 0 atom stereocenters. The van der Waals surface area contributed by atoms with Crippen LogP contribution in [0.25, 0.3) is 0 Å². The Kier molecular flexibility index (Phi) is 5.13. The van der Waals surface area contributed by atoms with Crippen LogP contribution in [-0.2, 0) is 6.42 Å². The maximum Gasteiger partial charge on any atom is 0.252 e. The first-order chi connectivity index (χ1) is 12.4. The van der Waals surface area contributed by atoms with Crippen molar-refractivity contribution in [3.05, 3.63) is 59.4 Å². The molecule has 2 aromatic rings. The number of amides is 1. The lowest BCUT2D eigenvalue weighted by atomic mass is 10.0. The molecule has 1 aliphatic heterocycles. The summed E-state index contributed by atoms with van der Waals surface area (Å²) >= 11 is 0. The highest BCUT2D eigenvalue weighted by Gasteiger charge is 2.32. The fourth-order valence-electron chi connectivity index (χ4n) is 2.76. The van der Waals surface area contributed by atoms with Crippen LogP contribution in [0.4, 0.5) is 4.39 Å². The topological polar surface area (TPSA) is 47.6 Å². The normalized spacial score (nSPS) is 13.8. The summed E-state index contributed by atoms with van der Waals surface area (Å²) in [5.41, 5.74) is 1.30. The van der Waals surface area contributed by atoms with Crippen molar-refractivity contribution >= 4 is 5.91 Å². The van der Waals surface area contributed by atoms with Gasteiger partial charge in [-0.05, 0) is 44.2 Å². The molecule has 0 fully saturated rings. The summed E-state index contributed by atoms with van der Waals surface area (Å²) < 4.78 is 24.5. The number of para-hydroxylation sites is 1. The molecular weight excluding hydrogens is 333 g/mol. The summed E-state index contributed by atoms with van der Waals surface area (Å²) in [5, 5.41) is 2.65. The Balaban J connectivity index is 1.48. The van der Waals surface area contributed by atoms with Crippen LogP contribution in [0.1, 0.15) is 29.8 Å².